The second-order valence-electron chi connectivity index (χ2n) is 9.03. The molecular formula is C31H26N3O3+. The van der Waals surface area contributed by atoms with Crippen molar-refractivity contribution in [3.8, 4) is 22.6 Å². The Bertz CT molecular complexity index is 1680. The van der Waals surface area contributed by atoms with E-state index in [4.69, 9.17) is 4.74 Å². The fraction of sp³-hybridized carbons (Fsp3) is 0.0968. The Labute approximate surface area is 214 Å². The van der Waals surface area contributed by atoms with Crippen molar-refractivity contribution in [1.82, 2.24) is 5.32 Å². The van der Waals surface area contributed by atoms with Gasteiger partial charge in [0.05, 0.1) is 24.3 Å². The zero-order chi connectivity index (χ0) is 25.2. The molecule has 4 N–H and O–H groups in total. The van der Waals surface area contributed by atoms with Crippen molar-refractivity contribution in [2.24, 2.45) is 0 Å². The van der Waals surface area contributed by atoms with Crippen molar-refractivity contribution in [2.75, 3.05) is 18.4 Å². The fourth-order valence-electron chi connectivity index (χ4n) is 4.90. The van der Waals surface area contributed by atoms with E-state index in [1.165, 1.54) is 0 Å². The molecule has 0 fully saturated rings. The summed E-state index contributed by atoms with van der Waals surface area (Å²) in [6.07, 6.45) is 0.696. The molecule has 37 heavy (non-hydrogen) atoms. The molecule has 0 spiro atoms. The summed E-state index contributed by atoms with van der Waals surface area (Å²) in [7, 11) is 0. The number of rotatable bonds is 6. The Morgan fingerprint density at radius 2 is 1.68 bits per heavy atom. The Morgan fingerprint density at radius 3 is 2.46 bits per heavy atom. The van der Waals surface area contributed by atoms with Gasteiger partial charge in [0.15, 0.2) is 6.29 Å². The number of phenolic OH excluding ortho intramolecular Hbond substituents is 1. The van der Waals surface area contributed by atoms with Crippen LogP contribution in [-0.2, 0) is 6.61 Å². The maximum absolute atomic E-state index is 11.9. The minimum atomic E-state index is -0.0466. The van der Waals surface area contributed by atoms with Crippen LogP contribution in [0.4, 0.5) is 5.69 Å². The third-order valence-electron chi connectivity index (χ3n) is 6.64. The van der Waals surface area contributed by atoms with Crippen LogP contribution in [0.25, 0.3) is 32.7 Å². The highest BCUT2D eigenvalue weighted by molar-refractivity contribution is 6.12. The predicted octanol–water partition coefficient (Wildman–Crippen LogP) is 4.21. The summed E-state index contributed by atoms with van der Waals surface area (Å²) in [5.41, 5.74) is 3.56. The molecule has 0 radical (unpaired) electrons. The zero-order valence-corrected chi connectivity index (χ0v) is 20.1. The van der Waals surface area contributed by atoms with Gasteiger partial charge in [-0.25, -0.2) is 5.32 Å². The second-order valence-corrected chi connectivity index (χ2v) is 9.03. The van der Waals surface area contributed by atoms with E-state index in [0.29, 0.717) is 24.2 Å². The number of benzene rings is 5. The summed E-state index contributed by atoms with van der Waals surface area (Å²) < 4.78 is 6.42. The van der Waals surface area contributed by atoms with Gasteiger partial charge in [-0.05, 0) is 51.4 Å². The van der Waals surface area contributed by atoms with Crippen molar-refractivity contribution in [3.63, 3.8) is 0 Å². The molecule has 0 unspecified atom stereocenters. The van der Waals surface area contributed by atoms with Gasteiger partial charge >= 0.3 is 5.96 Å². The number of hydrogen-bond donors (Lipinski definition) is 4. The molecule has 0 atom stereocenters. The van der Waals surface area contributed by atoms with Crippen LogP contribution in [0.3, 0.4) is 0 Å². The minimum absolute atomic E-state index is 0.0466. The second kappa shape index (κ2) is 9.66. The zero-order valence-electron chi connectivity index (χ0n) is 20.1. The van der Waals surface area contributed by atoms with Crippen LogP contribution in [0.2, 0.25) is 0 Å². The monoisotopic (exact) mass is 488 g/mol. The van der Waals surface area contributed by atoms with E-state index in [9.17, 15) is 9.90 Å². The number of carbonyl (C=O) groups excluding carboxylic acids is 1. The third kappa shape index (κ3) is 4.34. The van der Waals surface area contributed by atoms with Crippen molar-refractivity contribution < 1.29 is 19.6 Å². The quantitative estimate of drug-likeness (QED) is 0.269. The number of anilines is 1. The van der Waals surface area contributed by atoms with E-state index >= 15 is 0 Å². The maximum atomic E-state index is 11.9. The molecule has 182 valence electrons. The average Bonchev–Trinajstić information content (AvgIpc) is 3.45. The lowest BCUT2D eigenvalue weighted by Gasteiger charge is -2.18. The van der Waals surface area contributed by atoms with Gasteiger partial charge < -0.3 is 9.84 Å². The summed E-state index contributed by atoms with van der Waals surface area (Å²) in [5.74, 6) is 1.48. The largest absolute Gasteiger partial charge is 0.507 e. The number of carbonyl (C=O) groups is 1. The Morgan fingerprint density at radius 1 is 0.892 bits per heavy atom. The van der Waals surface area contributed by atoms with Gasteiger partial charge in [-0.2, -0.15) is 0 Å². The van der Waals surface area contributed by atoms with Gasteiger partial charge in [-0.15, -0.1) is 0 Å². The van der Waals surface area contributed by atoms with E-state index in [0.717, 1.165) is 57.4 Å². The maximum Gasteiger partial charge on any atom is 0.348 e. The van der Waals surface area contributed by atoms with Crippen LogP contribution in [0.15, 0.2) is 91.0 Å². The minimum Gasteiger partial charge on any atom is -0.507 e. The van der Waals surface area contributed by atoms with Gasteiger partial charge in [0, 0.05) is 11.1 Å². The molecule has 0 saturated heterocycles. The smallest absolute Gasteiger partial charge is 0.348 e. The van der Waals surface area contributed by atoms with Crippen LogP contribution in [0.5, 0.6) is 11.5 Å². The van der Waals surface area contributed by atoms with E-state index in [2.05, 4.69) is 21.7 Å². The molecule has 6 heteroatoms. The van der Waals surface area contributed by atoms with Gasteiger partial charge in [0.2, 0.25) is 0 Å². The third-order valence-corrected chi connectivity index (χ3v) is 6.64. The molecule has 1 aliphatic heterocycles. The molecule has 0 amide bonds. The van der Waals surface area contributed by atoms with Crippen molar-refractivity contribution in [2.45, 2.75) is 6.61 Å². The number of fused-ring (bicyclic) bond motifs is 2. The first kappa shape index (κ1) is 22.6. The molecule has 0 saturated carbocycles. The summed E-state index contributed by atoms with van der Waals surface area (Å²) in [4.78, 5) is 15.1. The molecule has 6 rings (SSSR count). The first-order valence-electron chi connectivity index (χ1n) is 12.3. The molecule has 1 heterocycles. The number of hydrogen-bond acceptors (Lipinski definition) is 5. The molecular weight excluding hydrogens is 462 g/mol. The summed E-state index contributed by atoms with van der Waals surface area (Å²) >= 11 is 0. The molecule has 5 aromatic carbocycles. The molecule has 0 aliphatic carbocycles. The molecule has 0 bridgehead atoms. The normalized spacial score (nSPS) is 12.8. The van der Waals surface area contributed by atoms with Crippen LogP contribution < -0.4 is 20.4 Å². The number of aromatic hydroxyl groups is 1. The van der Waals surface area contributed by atoms with E-state index < -0.39 is 0 Å². The Kier molecular flexibility index (Phi) is 5.91. The standard InChI is InChI=1S/C31H25N3O3/c35-18-23-17-22-8-2-4-11-26(22)29(30(23)36)28-25-10-3-1-7-21(25)12-13-27(28)37-19-20-6-5-9-24(16-20)34-31-32-14-15-33-31/h1-13,16-18,36H,14-15,19H2,(H2,32,33,34)/p+1. The Balaban J connectivity index is 1.45. The number of phenols is 1. The van der Waals surface area contributed by atoms with Crippen molar-refractivity contribution >= 4 is 39.5 Å². The van der Waals surface area contributed by atoms with Crippen LogP contribution in [0.1, 0.15) is 15.9 Å². The van der Waals surface area contributed by atoms with E-state index in [-0.39, 0.29) is 11.3 Å². The number of nitrogens with one attached hydrogen (secondary N) is 3. The number of ether oxygens (including phenoxy) is 1. The van der Waals surface area contributed by atoms with E-state index in [1.807, 2.05) is 78.9 Å². The lowest BCUT2D eigenvalue weighted by molar-refractivity contribution is -0.444. The first-order chi connectivity index (χ1) is 18.2. The summed E-state index contributed by atoms with van der Waals surface area (Å²) in [6.45, 7) is 2.12. The topological polar surface area (TPSA) is 84.6 Å². The average molecular weight is 489 g/mol. The molecule has 5 aromatic rings. The number of aldehydes is 1. The molecule has 6 nitrogen and oxygen atoms in total. The summed E-state index contributed by atoms with van der Waals surface area (Å²) in [5, 5.41) is 21.6. The van der Waals surface area contributed by atoms with Gasteiger partial charge in [-0.3, -0.25) is 15.1 Å². The van der Waals surface area contributed by atoms with Crippen molar-refractivity contribution in [1.29, 1.82) is 0 Å². The van der Waals surface area contributed by atoms with Crippen LogP contribution in [-0.4, -0.2) is 30.4 Å². The molecule has 0 aromatic heterocycles. The molecule has 1 aliphatic rings. The number of guanidine groups is 1. The summed E-state index contributed by atoms with van der Waals surface area (Å²) in [6, 6.07) is 29.5. The first-order valence-corrected chi connectivity index (χ1v) is 12.3. The van der Waals surface area contributed by atoms with Gasteiger partial charge in [-0.1, -0.05) is 66.7 Å². The lowest BCUT2D eigenvalue weighted by atomic mass is 9.90. The van der Waals surface area contributed by atoms with Gasteiger partial charge in [0.25, 0.3) is 0 Å². The van der Waals surface area contributed by atoms with Crippen molar-refractivity contribution in [3.05, 3.63) is 102 Å². The highest BCUT2D eigenvalue weighted by Gasteiger charge is 2.20. The van der Waals surface area contributed by atoms with Crippen LogP contribution >= 0.6 is 0 Å². The van der Waals surface area contributed by atoms with Crippen LogP contribution in [0, 0.1) is 0 Å². The highest BCUT2D eigenvalue weighted by atomic mass is 16.5. The predicted molar refractivity (Wildman–Crippen MR) is 147 cm³/mol. The van der Waals surface area contributed by atoms with E-state index in [1.54, 1.807) is 6.07 Å². The van der Waals surface area contributed by atoms with Gasteiger partial charge in [0.1, 0.15) is 18.1 Å². The lowest BCUT2D eigenvalue weighted by Crippen LogP contribution is -2.72. The SMILES string of the molecule is O=Cc1cc2ccccc2c(-c2c(OCc3cccc(NC4=[NH+]CCN4)c3)ccc3ccccc23)c1O. The fourth-order valence-corrected chi connectivity index (χ4v) is 4.90. The Hall–Kier alpha value is -4.84. The highest BCUT2D eigenvalue weighted by Crippen LogP contribution is 2.46.